The van der Waals surface area contributed by atoms with E-state index in [-0.39, 0.29) is 6.61 Å². The van der Waals surface area contributed by atoms with Crippen LogP contribution in [0.5, 0.6) is 5.75 Å². The molecular weight excluding hydrogens is 368 g/mol. The molecule has 0 saturated heterocycles. The third-order valence-corrected chi connectivity index (χ3v) is 4.43. The number of anilines is 1. The topological polar surface area (TPSA) is 69.6 Å². The Morgan fingerprint density at radius 1 is 0.931 bits per heavy atom. The SMILES string of the molecule is CCOc1ccccc1NC(=O)COC(=O)c1ccc(-n2c(C)ccc2C)cc1. The van der Waals surface area contributed by atoms with Crippen molar-refractivity contribution in [3.8, 4) is 11.4 Å². The van der Waals surface area contributed by atoms with Crippen LogP contribution in [0.4, 0.5) is 5.69 Å². The monoisotopic (exact) mass is 392 g/mol. The number of hydrogen-bond donors (Lipinski definition) is 1. The minimum atomic E-state index is -0.550. The summed E-state index contributed by atoms with van der Waals surface area (Å²) in [6, 6.07) is 18.3. The highest BCUT2D eigenvalue weighted by Gasteiger charge is 2.13. The molecule has 6 heteroatoms. The van der Waals surface area contributed by atoms with Gasteiger partial charge in [0, 0.05) is 17.1 Å². The molecule has 0 aliphatic heterocycles. The smallest absolute Gasteiger partial charge is 0.338 e. The number of para-hydroxylation sites is 2. The van der Waals surface area contributed by atoms with E-state index in [0.717, 1.165) is 17.1 Å². The van der Waals surface area contributed by atoms with Gasteiger partial charge in [0.15, 0.2) is 6.61 Å². The zero-order valence-corrected chi connectivity index (χ0v) is 16.8. The largest absolute Gasteiger partial charge is 0.492 e. The number of aromatic nitrogens is 1. The van der Waals surface area contributed by atoms with Crippen molar-refractivity contribution in [2.75, 3.05) is 18.5 Å². The first-order valence-corrected chi connectivity index (χ1v) is 9.43. The molecule has 29 heavy (non-hydrogen) atoms. The second-order valence-corrected chi connectivity index (χ2v) is 6.55. The second-order valence-electron chi connectivity index (χ2n) is 6.55. The Labute approximate surface area is 170 Å². The molecule has 0 unspecified atom stereocenters. The number of amides is 1. The predicted molar refractivity (Wildman–Crippen MR) is 112 cm³/mol. The van der Waals surface area contributed by atoms with Gasteiger partial charge < -0.3 is 19.4 Å². The number of hydrogen-bond acceptors (Lipinski definition) is 4. The summed E-state index contributed by atoms with van der Waals surface area (Å²) in [4.78, 5) is 24.4. The highest BCUT2D eigenvalue weighted by atomic mass is 16.5. The van der Waals surface area contributed by atoms with Gasteiger partial charge in [-0.2, -0.15) is 0 Å². The van der Waals surface area contributed by atoms with Crippen molar-refractivity contribution >= 4 is 17.6 Å². The first kappa shape index (κ1) is 20.2. The summed E-state index contributed by atoms with van der Waals surface area (Å²) in [5.74, 6) is -0.410. The number of carbonyl (C=O) groups is 2. The fourth-order valence-electron chi connectivity index (χ4n) is 3.07. The van der Waals surface area contributed by atoms with E-state index in [0.29, 0.717) is 23.6 Å². The summed E-state index contributed by atoms with van der Waals surface area (Å²) in [5, 5.41) is 2.70. The van der Waals surface area contributed by atoms with E-state index >= 15 is 0 Å². The summed E-state index contributed by atoms with van der Waals surface area (Å²) in [7, 11) is 0. The van der Waals surface area contributed by atoms with Gasteiger partial charge in [0.25, 0.3) is 5.91 Å². The van der Waals surface area contributed by atoms with Crippen molar-refractivity contribution in [3.05, 3.63) is 77.6 Å². The molecule has 6 nitrogen and oxygen atoms in total. The Bertz CT molecular complexity index is 986. The minimum absolute atomic E-state index is 0.378. The zero-order valence-electron chi connectivity index (χ0n) is 16.8. The number of rotatable bonds is 7. The molecule has 1 amide bonds. The molecule has 0 saturated carbocycles. The standard InChI is InChI=1S/C23H24N2O4/c1-4-28-21-8-6-5-7-20(21)24-22(26)15-29-23(27)18-11-13-19(14-12-18)25-16(2)9-10-17(25)3/h5-14H,4,15H2,1-3H3,(H,24,26). The fourth-order valence-corrected chi connectivity index (χ4v) is 3.07. The number of nitrogens with zero attached hydrogens (tertiary/aromatic N) is 1. The molecule has 0 radical (unpaired) electrons. The molecule has 0 atom stereocenters. The lowest BCUT2D eigenvalue weighted by Crippen LogP contribution is -2.21. The average molecular weight is 392 g/mol. The Balaban J connectivity index is 1.59. The zero-order chi connectivity index (χ0) is 20.8. The number of esters is 1. The van der Waals surface area contributed by atoms with Crippen molar-refractivity contribution in [2.45, 2.75) is 20.8 Å². The summed E-state index contributed by atoms with van der Waals surface area (Å²) in [6.45, 7) is 6.02. The van der Waals surface area contributed by atoms with Crippen LogP contribution in [0, 0.1) is 13.8 Å². The number of carbonyl (C=O) groups excluding carboxylic acids is 2. The molecule has 2 aromatic carbocycles. The van der Waals surface area contributed by atoms with Crippen LogP contribution in [0.15, 0.2) is 60.7 Å². The van der Waals surface area contributed by atoms with Gasteiger partial charge in [0.05, 0.1) is 17.9 Å². The van der Waals surface area contributed by atoms with Crippen molar-refractivity contribution in [1.82, 2.24) is 4.57 Å². The number of nitrogens with one attached hydrogen (secondary N) is 1. The van der Waals surface area contributed by atoms with Crippen LogP contribution in [-0.2, 0) is 9.53 Å². The minimum Gasteiger partial charge on any atom is -0.492 e. The van der Waals surface area contributed by atoms with Crippen LogP contribution in [0.1, 0.15) is 28.7 Å². The molecule has 150 valence electrons. The molecule has 1 aromatic heterocycles. The third kappa shape index (κ3) is 4.85. The first-order valence-electron chi connectivity index (χ1n) is 9.43. The lowest BCUT2D eigenvalue weighted by molar-refractivity contribution is -0.119. The van der Waals surface area contributed by atoms with Gasteiger partial charge in [0.2, 0.25) is 0 Å². The first-order chi connectivity index (χ1) is 14.0. The number of ether oxygens (including phenoxy) is 2. The van der Waals surface area contributed by atoms with Gasteiger partial charge in [-0.05, 0) is 69.3 Å². The predicted octanol–water partition coefficient (Wildman–Crippen LogP) is 4.29. The number of benzene rings is 2. The lowest BCUT2D eigenvalue weighted by Gasteiger charge is -2.12. The van der Waals surface area contributed by atoms with Gasteiger partial charge in [-0.15, -0.1) is 0 Å². The van der Waals surface area contributed by atoms with Gasteiger partial charge >= 0.3 is 5.97 Å². The molecule has 0 aliphatic rings. The van der Waals surface area contributed by atoms with Crippen molar-refractivity contribution in [2.24, 2.45) is 0 Å². The fraction of sp³-hybridized carbons (Fsp3) is 0.217. The molecule has 0 fully saturated rings. The summed E-state index contributed by atoms with van der Waals surface area (Å²) >= 11 is 0. The van der Waals surface area contributed by atoms with Crippen LogP contribution in [-0.4, -0.2) is 29.7 Å². The molecule has 3 aromatic rings. The van der Waals surface area contributed by atoms with E-state index in [2.05, 4.69) is 9.88 Å². The Morgan fingerprint density at radius 3 is 2.24 bits per heavy atom. The van der Waals surface area contributed by atoms with E-state index in [1.807, 2.05) is 51.1 Å². The highest BCUT2D eigenvalue weighted by molar-refractivity contribution is 5.96. The van der Waals surface area contributed by atoms with Gasteiger partial charge in [0.1, 0.15) is 5.75 Å². The number of aryl methyl sites for hydroxylation is 2. The highest BCUT2D eigenvalue weighted by Crippen LogP contribution is 2.23. The normalized spacial score (nSPS) is 10.4. The van der Waals surface area contributed by atoms with Gasteiger partial charge in [-0.25, -0.2) is 4.79 Å². The average Bonchev–Trinajstić information content (AvgIpc) is 3.06. The van der Waals surface area contributed by atoms with E-state index in [1.165, 1.54) is 0 Å². The van der Waals surface area contributed by atoms with Crippen LogP contribution < -0.4 is 10.1 Å². The van der Waals surface area contributed by atoms with E-state index < -0.39 is 11.9 Å². The van der Waals surface area contributed by atoms with Gasteiger partial charge in [-0.1, -0.05) is 12.1 Å². The second kappa shape index (κ2) is 9.10. The van der Waals surface area contributed by atoms with E-state index in [1.54, 1.807) is 30.3 Å². The maximum atomic E-state index is 12.3. The van der Waals surface area contributed by atoms with E-state index in [9.17, 15) is 9.59 Å². The quantitative estimate of drug-likeness (QED) is 0.609. The molecular formula is C23H24N2O4. The van der Waals surface area contributed by atoms with Crippen molar-refractivity contribution in [3.63, 3.8) is 0 Å². The van der Waals surface area contributed by atoms with Crippen LogP contribution >= 0.6 is 0 Å². The summed E-state index contributed by atoms with van der Waals surface area (Å²) in [6.07, 6.45) is 0. The molecule has 0 aliphatic carbocycles. The summed E-state index contributed by atoms with van der Waals surface area (Å²) in [5.41, 5.74) is 4.12. The molecule has 0 spiro atoms. The van der Waals surface area contributed by atoms with Crippen molar-refractivity contribution < 1.29 is 19.1 Å². The Morgan fingerprint density at radius 2 is 1.59 bits per heavy atom. The van der Waals surface area contributed by atoms with Gasteiger partial charge in [-0.3, -0.25) is 4.79 Å². The van der Waals surface area contributed by atoms with Crippen LogP contribution in [0.2, 0.25) is 0 Å². The Hall–Kier alpha value is -3.54. The molecule has 3 rings (SSSR count). The molecule has 1 N–H and O–H groups in total. The summed E-state index contributed by atoms with van der Waals surface area (Å²) < 4.78 is 12.7. The van der Waals surface area contributed by atoms with Crippen LogP contribution in [0.25, 0.3) is 5.69 Å². The maximum absolute atomic E-state index is 12.3. The third-order valence-electron chi connectivity index (χ3n) is 4.43. The Kier molecular flexibility index (Phi) is 6.34. The van der Waals surface area contributed by atoms with E-state index in [4.69, 9.17) is 9.47 Å². The molecule has 0 bridgehead atoms. The lowest BCUT2D eigenvalue weighted by atomic mass is 10.2. The van der Waals surface area contributed by atoms with Crippen LogP contribution in [0.3, 0.4) is 0 Å². The maximum Gasteiger partial charge on any atom is 0.338 e. The molecule has 1 heterocycles. The van der Waals surface area contributed by atoms with Crippen molar-refractivity contribution in [1.29, 1.82) is 0 Å².